The van der Waals surface area contributed by atoms with E-state index in [1.807, 2.05) is 12.1 Å². The van der Waals surface area contributed by atoms with Gasteiger partial charge in [0.2, 0.25) is 0 Å². The van der Waals surface area contributed by atoms with Crippen LogP contribution in [0.1, 0.15) is 21.9 Å². The lowest BCUT2D eigenvalue weighted by Gasteiger charge is -2.04. The van der Waals surface area contributed by atoms with Crippen LogP contribution in [0.15, 0.2) is 34.7 Å². The Morgan fingerprint density at radius 2 is 2.18 bits per heavy atom. The first-order valence-electron chi connectivity index (χ1n) is 5.09. The molecule has 2 aromatic rings. The minimum Gasteiger partial charge on any atom is -0.495 e. The summed E-state index contributed by atoms with van der Waals surface area (Å²) in [5.41, 5.74) is 1.00. The molecule has 88 valence electrons. The molecule has 0 fully saturated rings. The van der Waals surface area contributed by atoms with Crippen LogP contribution < -0.4 is 4.74 Å². The van der Waals surface area contributed by atoms with Crippen LogP contribution in [0.4, 0.5) is 0 Å². The largest absolute Gasteiger partial charge is 0.495 e. The van der Waals surface area contributed by atoms with Crippen LogP contribution >= 0.6 is 11.6 Å². The van der Waals surface area contributed by atoms with Crippen molar-refractivity contribution in [2.45, 2.75) is 6.42 Å². The summed E-state index contributed by atoms with van der Waals surface area (Å²) in [4.78, 5) is 10.5. The first kappa shape index (κ1) is 11.7. The number of methoxy groups -OCH3 is 1. The molecule has 0 radical (unpaired) electrons. The number of halogens is 1. The molecule has 2 rings (SSSR count). The summed E-state index contributed by atoms with van der Waals surface area (Å²) in [6, 6.07) is 8.97. The Labute approximate surface area is 104 Å². The van der Waals surface area contributed by atoms with Crippen molar-refractivity contribution in [2.24, 2.45) is 0 Å². The van der Waals surface area contributed by atoms with E-state index < -0.39 is 0 Å². The molecule has 1 aromatic heterocycles. The third-order valence-corrected chi connectivity index (χ3v) is 2.69. The van der Waals surface area contributed by atoms with Crippen LogP contribution in [0.5, 0.6) is 5.75 Å². The van der Waals surface area contributed by atoms with E-state index in [1.54, 1.807) is 25.3 Å². The maximum atomic E-state index is 10.5. The van der Waals surface area contributed by atoms with E-state index in [4.69, 9.17) is 20.8 Å². The number of aldehydes is 1. The number of rotatable bonds is 4. The molecule has 0 N–H and O–H groups in total. The highest BCUT2D eigenvalue weighted by molar-refractivity contribution is 6.32. The van der Waals surface area contributed by atoms with Crippen molar-refractivity contribution in [1.82, 2.24) is 0 Å². The van der Waals surface area contributed by atoms with Crippen molar-refractivity contribution in [3.8, 4) is 5.75 Å². The smallest absolute Gasteiger partial charge is 0.185 e. The van der Waals surface area contributed by atoms with E-state index in [0.717, 1.165) is 11.3 Å². The van der Waals surface area contributed by atoms with Gasteiger partial charge in [-0.1, -0.05) is 17.7 Å². The van der Waals surface area contributed by atoms with Gasteiger partial charge in [0, 0.05) is 6.42 Å². The van der Waals surface area contributed by atoms with Gasteiger partial charge in [-0.25, -0.2) is 0 Å². The molecule has 0 bridgehead atoms. The van der Waals surface area contributed by atoms with Crippen LogP contribution in [0.2, 0.25) is 5.02 Å². The summed E-state index contributed by atoms with van der Waals surface area (Å²) in [6.45, 7) is 0. The summed E-state index contributed by atoms with van der Waals surface area (Å²) in [6.07, 6.45) is 1.28. The van der Waals surface area contributed by atoms with Gasteiger partial charge in [0.15, 0.2) is 12.0 Å². The van der Waals surface area contributed by atoms with Crippen molar-refractivity contribution in [1.29, 1.82) is 0 Å². The van der Waals surface area contributed by atoms with E-state index in [2.05, 4.69) is 0 Å². The first-order valence-corrected chi connectivity index (χ1v) is 5.47. The van der Waals surface area contributed by atoms with Crippen LogP contribution in [0.25, 0.3) is 0 Å². The van der Waals surface area contributed by atoms with Gasteiger partial charge >= 0.3 is 0 Å². The average Bonchev–Trinajstić information content (AvgIpc) is 2.77. The zero-order valence-corrected chi connectivity index (χ0v) is 10.0. The average molecular weight is 251 g/mol. The summed E-state index contributed by atoms with van der Waals surface area (Å²) >= 11 is 6.02. The fraction of sp³-hybridized carbons (Fsp3) is 0.154. The van der Waals surface area contributed by atoms with Gasteiger partial charge in [0.05, 0.1) is 12.1 Å². The number of carbonyl (C=O) groups is 1. The minimum atomic E-state index is 0.333. The summed E-state index contributed by atoms with van der Waals surface area (Å²) in [7, 11) is 1.57. The highest BCUT2D eigenvalue weighted by Gasteiger charge is 2.05. The quantitative estimate of drug-likeness (QED) is 0.782. The SMILES string of the molecule is COc1ccc(Cc2ccc(C=O)o2)cc1Cl. The predicted octanol–water partition coefficient (Wildman–Crippen LogP) is 3.34. The fourth-order valence-electron chi connectivity index (χ4n) is 1.57. The van der Waals surface area contributed by atoms with Gasteiger partial charge in [-0.3, -0.25) is 4.79 Å². The molecule has 0 saturated heterocycles. The lowest BCUT2D eigenvalue weighted by molar-refractivity contribution is 0.109. The molecule has 0 atom stereocenters. The second-order valence-corrected chi connectivity index (χ2v) is 3.97. The van der Waals surface area contributed by atoms with Crippen molar-refractivity contribution in [2.75, 3.05) is 7.11 Å². The second kappa shape index (κ2) is 5.06. The molecule has 4 heteroatoms. The zero-order valence-electron chi connectivity index (χ0n) is 9.27. The molecule has 0 aliphatic carbocycles. The highest BCUT2D eigenvalue weighted by Crippen LogP contribution is 2.26. The first-order chi connectivity index (χ1) is 8.22. The molecule has 1 aromatic carbocycles. The predicted molar refractivity (Wildman–Crippen MR) is 64.9 cm³/mol. The van der Waals surface area contributed by atoms with Crippen molar-refractivity contribution in [3.63, 3.8) is 0 Å². The Bertz CT molecular complexity index is 531. The minimum absolute atomic E-state index is 0.333. The van der Waals surface area contributed by atoms with E-state index in [-0.39, 0.29) is 0 Å². The van der Waals surface area contributed by atoms with Crippen LogP contribution in [-0.2, 0) is 6.42 Å². The lowest BCUT2D eigenvalue weighted by atomic mass is 10.1. The molecule has 1 heterocycles. The second-order valence-electron chi connectivity index (χ2n) is 3.57. The number of furan rings is 1. The monoisotopic (exact) mass is 250 g/mol. The summed E-state index contributed by atoms with van der Waals surface area (Å²) < 4.78 is 10.4. The zero-order chi connectivity index (χ0) is 12.3. The molecule has 0 unspecified atom stereocenters. The molecule has 0 spiro atoms. The number of carbonyl (C=O) groups excluding carboxylic acids is 1. The van der Waals surface area contributed by atoms with Gasteiger partial charge in [0.25, 0.3) is 0 Å². The number of ether oxygens (including phenoxy) is 1. The maximum absolute atomic E-state index is 10.5. The van der Waals surface area contributed by atoms with Gasteiger partial charge in [-0.15, -0.1) is 0 Å². The summed E-state index contributed by atoms with van der Waals surface area (Å²) in [5, 5.41) is 0.562. The van der Waals surface area contributed by atoms with Crippen molar-refractivity contribution in [3.05, 3.63) is 52.4 Å². The molecule has 3 nitrogen and oxygen atoms in total. The Kier molecular flexibility index (Phi) is 3.49. The number of hydrogen-bond acceptors (Lipinski definition) is 3. The number of hydrogen-bond donors (Lipinski definition) is 0. The molecule has 0 saturated carbocycles. The van der Waals surface area contributed by atoms with Crippen LogP contribution in [-0.4, -0.2) is 13.4 Å². The van der Waals surface area contributed by atoms with Crippen molar-refractivity contribution < 1.29 is 13.9 Å². The van der Waals surface area contributed by atoms with Crippen LogP contribution in [0, 0.1) is 0 Å². The van der Waals surface area contributed by atoms with Gasteiger partial charge in [-0.2, -0.15) is 0 Å². The Morgan fingerprint density at radius 3 is 2.76 bits per heavy atom. The summed E-state index contributed by atoms with van der Waals surface area (Å²) in [5.74, 6) is 1.70. The lowest BCUT2D eigenvalue weighted by Crippen LogP contribution is -1.89. The van der Waals surface area contributed by atoms with Gasteiger partial charge in [-0.05, 0) is 29.8 Å². The number of benzene rings is 1. The molecular formula is C13H11ClO3. The highest BCUT2D eigenvalue weighted by atomic mass is 35.5. The van der Waals surface area contributed by atoms with E-state index in [0.29, 0.717) is 29.2 Å². The third kappa shape index (κ3) is 2.68. The van der Waals surface area contributed by atoms with Crippen molar-refractivity contribution >= 4 is 17.9 Å². The Morgan fingerprint density at radius 1 is 1.35 bits per heavy atom. The topological polar surface area (TPSA) is 39.4 Å². The van der Waals surface area contributed by atoms with Crippen LogP contribution in [0.3, 0.4) is 0 Å². The molecular weight excluding hydrogens is 240 g/mol. The van der Waals surface area contributed by atoms with E-state index in [9.17, 15) is 4.79 Å². The fourth-order valence-corrected chi connectivity index (χ4v) is 1.85. The Hall–Kier alpha value is -1.74. The maximum Gasteiger partial charge on any atom is 0.185 e. The van der Waals surface area contributed by atoms with E-state index in [1.165, 1.54) is 0 Å². The third-order valence-electron chi connectivity index (χ3n) is 2.39. The normalized spacial score (nSPS) is 10.2. The van der Waals surface area contributed by atoms with Gasteiger partial charge < -0.3 is 9.15 Å². The molecule has 0 aliphatic rings. The molecule has 0 amide bonds. The Balaban J connectivity index is 2.18. The molecule has 0 aliphatic heterocycles. The van der Waals surface area contributed by atoms with Gasteiger partial charge in [0.1, 0.15) is 11.5 Å². The van der Waals surface area contributed by atoms with E-state index >= 15 is 0 Å². The molecule has 17 heavy (non-hydrogen) atoms. The standard InChI is InChI=1S/C13H11ClO3/c1-16-13-5-2-9(7-12(13)14)6-10-3-4-11(8-15)17-10/h2-5,7-8H,6H2,1H3.